The number of H-pyrrole nitrogens is 1. The molecule has 0 atom stereocenters. The predicted molar refractivity (Wildman–Crippen MR) is 78.9 cm³/mol. The molecule has 0 fully saturated rings. The van der Waals surface area contributed by atoms with Crippen molar-refractivity contribution in [2.45, 2.75) is 11.4 Å². The van der Waals surface area contributed by atoms with Gasteiger partial charge in [-0.2, -0.15) is 5.10 Å². The third kappa shape index (κ3) is 3.35. The highest BCUT2D eigenvalue weighted by Gasteiger charge is 2.21. The number of benzene rings is 1. The quantitative estimate of drug-likeness (QED) is 0.672. The van der Waals surface area contributed by atoms with E-state index in [1.165, 1.54) is 6.07 Å². The second kappa shape index (κ2) is 5.61. The number of hydrogen-bond donors (Lipinski definition) is 3. The van der Waals surface area contributed by atoms with Crippen LogP contribution < -0.4 is 10.5 Å². The van der Waals surface area contributed by atoms with E-state index in [2.05, 4.69) is 46.8 Å². The number of aromatic nitrogens is 2. The van der Waals surface area contributed by atoms with Crippen molar-refractivity contribution in [3.8, 4) is 0 Å². The summed E-state index contributed by atoms with van der Waals surface area (Å²) in [5.41, 5.74) is 6.66. The smallest absolute Gasteiger partial charge is 0.244 e. The van der Waals surface area contributed by atoms with Crippen LogP contribution in [0.1, 0.15) is 5.56 Å². The van der Waals surface area contributed by atoms with Crippen LogP contribution in [0.15, 0.2) is 38.4 Å². The summed E-state index contributed by atoms with van der Waals surface area (Å²) in [4.78, 5) is 0.0270. The fraction of sp³-hybridized carbons (Fsp3) is 0.100. The van der Waals surface area contributed by atoms with Crippen LogP contribution in [-0.2, 0) is 16.6 Å². The van der Waals surface area contributed by atoms with Crippen LogP contribution >= 0.6 is 31.9 Å². The lowest BCUT2D eigenvalue weighted by Crippen LogP contribution is -2.24. The summed E-state index contributed by atoms with van der Waals surface area (Å²) < 4.78 is 28.0. The second-order valence-corrected chi connectivity index (χ2v) is 7.21. The maximum Gasteiger partial charge on any atom is 0.244 e. The number of nitrogens with one attached hydrogen (secondary N) is 2. The molecular formula is C10H10Br2N4O2S. The minimum Gasteiger partial charge on any atom is -0.398 e. The number of aromatic amines is 1. The van der Waals surface area contributed by atoms with Gasteiger partial charge in [-0.15, -0.1) is 0 Å². The molecule has 0 aliphatic carbocycles. The Bertz CT molecular complexity index is 663. The summed E-state index contributed by atoms with van der Waals surface area (Å²) in [6, 6.07) is 3.17. The number of sulfonamides is 1. The Labute approximate surface area is 127 Å². The number of nitrogens with zero attached hydrogens (tertiary/aromatic N) is 1. The summed E-state index contributed by atoms with van der Waals surface area (Å²) >= 11 is 6.45. The highest BCUT2D eigenvalue weighted by Crippen LogP contribution is 2.31. The van der Waals surface area contributed by atoms with E-state index < -0.39 is 10.0 Å². The molecule has 0 unspecified atom stereocenters. The first-order valence-corrected chi connectivity index (χ1v) is 8.19. The fourth-order valence-electron chi connectivity index (χ4n) is 1.49. The van der Waals surface area contributed by atoms with E-state index in [0.717, 1.165) is 5.56 Å². The summed E-state index contributed by atoms with van der Waals surface area (Å²) in [5.74, 6) is 0. The van der Waals surface area contributed by atoms with Crippen LogP contribution in [0.4, 0.5) is 5.69 Å². The molecule has 1 aromatic carbocycles. The Morgan fingerprint density at radius 3 is 2.68 bits per heavy atom. The molecule has 9 heteroatoms. The number of nitrogens with two attached hydrogens (primary N) is 1. The lowest BCUT2D eigenvalue weighted by molar-refractivity contribution is 0.581. The molecule has 0 aliphatic heterocycles. The summed E-state index contributed by atoms with van der Waals surface area (Å²) in [5, 5.41) is 6.35. The van der Waals surface area contributed by atoms with Gasteiger partial charge in [0.25, 0.3) is 0 Å². The molecular weight excluding hydrogens is 400 g/mol. The lowest BCUT2D eigenvalue weighted by Gasteiger charge is -2.11. The van der Waals surface area contributed by atoms with Crippen molar-refractivity contribution in [1.82, 2.24) is 14.9 Å². The molecule has 0 saturated heterocycles. The van der Waals surface area contributed by atoms with Crippen LogP contribution in [0.5, 0.6) is 0 Å². The number of nitrogen functional groups attached to an aromatic ring is 1. The molecule has 0 spiro atoms. The van der Waals surface area contributed by atoms with Crippen molar-refractivity contribution in [2.24, 2.45) is 0 Å². The molecule has 1 aromatic heterocycles. The minimum absolute atomic E-state index is 0.0270. The molecule has 102 valence electrons. The standard InChI is InChI=1S/C10H10Br2N4O2S/c11-7-1-8(12)10(9(13)2-7)19(17,18)16-5-6-3-14-15-4-6/h1-4,16H,5,13H2,(H,14,15). The van der Waals surface area contributed by atoms with Gasteiger partial charge in [0.05, 0.1) is 11.9 Å². The largest absolute Gasteiger partial charge is 0.398 e. The minimum atomic E-state index is -3.70. The average molecular weight is 410 g/mol. The van der Waals surface area contributed by atoms with Gasteiger partial charge in [-0.3, -0.25) is 5.10 Å². The van der Waals surface area contributed by atoms with E-state index >= 15 is 0 Å². The van der Waals surface area contributed by atoms with Crippen molar-refractivity contribution in [2.75, 3.05) is 5.73 Å². The average Bonchev–Trinajstić information content (AvgIpc) is 2.77. The fourth-order valence-corrected chi connectivity index (χ4v) is 4.57. The van der Waals surface area contributed by atoms with Gasteiger partial charge < -0.3 is 5.73 Å². The SMILES string of the molecule is Nc1cc(Br)cc(Br)c1S(=O)(=O)NCc1cn[nH]c1. The van der Waals surface area contributed by atoms with E-state index in [-0.39, 0.29) is 17.1 Å². The summed E-state index contributed by atoms with van der Waals surface area (Å²) in [7, 11) is -3.70. The normalized spacial score (nSPS) is 11.7. The zero-order valence-corrected chi connectivity index (χ0v) is 13.5. The molecule has 6 nitrogen and oxygen atoms in total. The predicted octanol–water partition coefficient (Wildman–Crippen LogP) is 2.00. The van der Waals surface area contributed by atoms with Gasteiger partial charge >= 0.3 is 0 Å². The maximum absolute atomic E-state index is 12.2. The third-order valence-corrected chi connectivity index (χ3v) is 5.19. The number of rotatable bonds is 4. The van der Waals surface area contributed by atoms with Crippen molar-refractivity contribution < 1.29 is 8.42 Å². The first-order chi connectivity index (χ1) is 8.90. The monoisotopic (exact) mass is 408 g/mol. The Kier molecular flexibility index (Phi) is 4.29. The van der Waals surface area contributed by atoms with E-state index in [0.29, 0.717) is 8.95 Å². The van der Waals surface area contributed by atoms with Crippen LogP contribution in [0, 0.1) is 0 Å². The molecule has 0 saturated carbocycles. The second-order valence-electron chi connectivity index (χ2n) is 3.74. The van der Waals surface area contributed by atoms with Crippen molar-refractivity contribution in [1.29, 1.82) is 0 Å². The molecule has 0 amide bonds. The number of halogens is 2. The van der Waals surface area contributed by atoms with Gasteiger partial charge in [0.15, 0.2) is 0 Å². The Morgan fingerprint density at radius 1 is 1.37 bits per heavy atom. The van der Waals surface area contributed by atoms with Crippen molar-refractivity contribution in [3.05, 3.63) is 39.0 Å². The van der Waals surface area contributed by atoms with Gasteiger partial charge in [-0.25, -0.2) is 13.1 Å². The summed E-state index contributed by atoms with van der Waals surface area (Å²) in [6.07, 6.45) is 3.16. The molecule has 2 rings (SSSR count). The maximum atomic E-state index is 12.2. The molecule has 0 aliphatic rings. The topological polar surface area (TPSA) is 101 Å². The van der Waals surface area contributed by atoms with Crippen molar-refractivity contribution in [3.63, 3.8) is 0 Å². The van der Waals surface area contributed by atoms with E-state index in [1.54, 1.807) is 18.5 Å². The van der Waals surface area contributed by atoms with Gasteiger partial charge in [-0.1, -0.05) is 15.9 Å². The van der Waals surface area contributed by atoms with Crippen LogP contribution in [0.25, 0.3) is 0 Å². The van der Waals surface area contributed by atoms with E-state index in [1.807, 2.05) is 0 Å². The first-order valence-electron chi connectivity index (χ1n) is 5.12. The van der Waals surface area contributed by atoms with E-state index in [4.69, 9.17) is 5.73 Å². The Hall–Kier alpha value is -0.900. The highest BCUT2D eigenvalue weighted by atomic mass is 79.9. The molecule has 0 bridgehead atoms. The molecule has 19 heavy (non-hydrogen) atoms. The molecule has 4 N–H and O–H groups in total. The zero-order valence-electron chi connectivity index (χ0n) is 9.52. The van der Waals surface area contributed by atoms with E-state index in [9.17, 15) is 8.42 Å². The third-order valence-electron chi connectivity index (χ3n) is 2.33. The number of hydrogen-bond acceptors (Lipinski definition) is 4. The van der Waals surface area contributed by atoms with Gasteiger partial charge in [0, 0.05) is 27.3 Å². The molecule has 0 radical (unpaired) electrons. The molecule has 1 heterocycles. The van der Waals surface area contributed by atoms with Crippen molar-refractivity contribution >= 4 is 47.6 Å². The summed E-state index contributed by atoms with van der Waals surface area (Å²) in [6.45, 7) is 0.140. The first kappa shape index (κ1) is 14.5. The highest BCUT2D eigenvalue weighted by molar-refractivity contribution is 9.11. The number of anilines is 1. The molecule has 2 aromatic rings. The van der Waals surface area contributed by atoms with Crippen LogP contribution in [0.2, 0.25) is 0 Å². The zero-order chi connectivity index (χ0) is 14.0. The Balaban J connectivity index is 2.29. The van der Waals surface area contributed by atoms with Gasteiger partial charge in [0.2, 0.25) is 10.0 Å². The van der Waals surface area contributed by atoms with Crippen LogP contribution in [0.3, 0.4) is 0 Å². The van der Waals surface area contributed by atoms with Crippen LogP contribution in [-0.4, -0.2) is 18.6 Å². The van der Waals surface area contributed by atoms with Gasteiger partial charge in [-0.05, 0) is 28.1 Å². The lowest BCUT2D eigenvalue weighted by atomic mass is 10.3. The van der Waals surface area contributed by atoms with Gasteiger partial charge in [0.1, 0.15) is 4.90 Å². The Morgan fingerprint density at radius 2 is 2.11 bits per heavy atom.